The van der Waals surface area contributed by atoms with Crippen LogP contribution in [0.25, 0.3) is 0 Å². The summed E-state index contributed by atoms with van der Waals surface area (Å²) in [6.45, 7) is 2.26. The number of hydrogen-bond acceptors (Lipinski definition) is 9. The average molecular weight is 436 g/mol. The summed E-state index contributed by atoms with van der Waals surface area (Å²) in [5.74, 6) is -0.0145. The van der Waals surface area contributed by atoms with Gasteiger partial charge < -0.3 is 19.9 Å². The maximum atomic E-state index is 14.1. The molecule has 1 aliphatic rings. The summed E-state index contributed by atoms with van der Waals surface area (Å²) in [6, 6.07) is 11.9. The third-order valence-corrected chi connectivity index (χ3v) is 4.86. The fourth-order valence-electron chi connectivity index (χ4n) is 3.13. The van der Waals surface area contributed by atoms with Crippen LogP contribution in [0.5, 0.6) is 0 Å². The summed E-state index contributed by atoms with van der Waals surface area (Å²) in [4.78, 5) is 16.4. The van der Waals surface area contributed by atoms with Gasteiger partial charge in [-0.05, 0) is 36.4 Å². The SMILES string of the molecule is CN(C)c1ccc(Nc2ccc(/C=N/Nc3ncc(F)c(N4CCOCC4)n3)nc2)cc1. The van der Waals surface area contributed by atoms with Crippen LogP contribution in [0.4, 0.5) is 33.2 Å². The smallest absolute Gasteiger partial charge is 0.245 e. The Balaban J connectivity index is 1.35. The average Bonchev–Trinajstić information content (AvgIpc) is 2.82. The molecular weight excluding hydrogens is 411 g/mol. The summed E-state index contributed by atoms with van der Waals surface area (Å²) in [6.07, 6.45) is 4.42. The number of anilines is 5. The van der Waals surface area contributed by atoms with Crippen LogP contribution in [0, 0.1) is 5.82 Å². The second kappa shape index (κ2) is 10.0. The number of aromatic nitrogens is 3. The fourth-order valence-corrected chi connectivity index (χ4v) is 3.13. The number of nitrogens with one attached hydrogen (secondary N) is 2. The zero-order valence-electron chi connectivity index (χ0n) is 18.0. The van der Waals surface area contributed by atoms with Crippen LogP contribution < -0.4 is 20.5 Å². The van der Waals surface area contributed by atoms with Gasteiger partial charge in [0.25, 0.3) is 0 Å². The largest absolute Gasteiger partial charge is 0.378 e. The molecule has 0 radical (unpaired) electrons. The third-order valence-electron chi connectivity index (χ3n) is 4.86. The van der Waals surface area contributed by atoms with Crippen molar-refractivity contribution < 1.29 is 9.13 Å². The van der Waals surface area contributed by atoms with E-state index >= 15 is 0 Å². The van der Waals surface area contributed by atoms with Crippen molar-refractivity contribution in [3.05, 3.63) is 60.3 Å². The predicted octanol–water partition coefficient (Wildman–Crippen LogP) is 3.10. The van der Waals surface area contributed by atoms with Gasteiger partial charge in [0.05, 0.1) is 43.2 Å². The van der Waals surface area contributed by atoms with E-state index in [2.05, 4.69) is 30.8 Å². The lowest BCUT2D eigenvalue weighted by Gasteiger charge is -2.27. The van der Waals surface area contributed by atoms with Crippen molar-refractivity contribution in [1.29, 1.82) is 0 Å². The Morgan fingerprint density at radius 2 is 1.78 bits per heavy atom. The van der Waals surface area contributed by atoms with Crippen LogP contribution in [0.3, 0.4) is 0 Å². The minimum absolute atomic E-state index is 0.212. The number of ether oxygens (including phenoxy) is 1. The normalized spacial score (nSPS) is 13.9. The zero-order chi connectivity index (χ0) is 22.3. The Morgan fingerprint density at radius 3 is 2.47 bits per heavy atom. The van der Waals surface area contributed by atoms with Crippen LogP contribution >= 0.6 is 0 Å². The van der Waals surface area contributed by atoms with Crippen molar-refractivity contribution >= 4 is 35.0 Å². The Labute approximate surface area is 186 Å². The molecule has 32 heavy (non-hydrogen) atoms. The first-order valence-electron chi connectivity index (χ1n) is 10.2. The van der Waals surface area contributed by atoms with E-state index in [1.54, 1.807) is 12.4 Å². The molecule has 9 nitrogen and oxygen atoms in total. The molecule has 3 heterocycles. The molecular formula is C22H25FN8O. The van der Waals surface area contributed by atoms with E-state index in [9.17, 15) is 4.39 Å². The summed E-state index contributed by atoms with van der Waals surface area (Å²) in [7, 11) is 4.01. The van der Waals surface area contributed by atoms with Crippen LogP contribution in [0.15, 0.2) is 53.9 Å². The maximum absolute atomic E-state index is 14.1. The number of morpholine rings is 1. The molecule has 0 aliphatic carbocycles. The monoisotopic (exact) mass is 436 g/mol. The van der Waals surface area contributed by atoms with Gasteiger partial charge in [-0.3, -0.25) is 4.98 Å². The molecule has 166 valence electrons. The number of benzene rings is 1. The molecule has 0 atom stereocenters. The molecule has 2 aromatic heterocycles. The van der Waals surface area contributed by atoms with E-state index in [4.69, 9.17) is 4.74 Å². The van der Waals surface area contributed by atoms with Gasteiger partial charge in [0.15, 0.2) is 11.6 Å². The molecule has 1 saturated heterocycles. The topological polar surface area (TPSA) is 90.8 Å². The Kier molecular flexibility index (Phi) is 6.71. The van der Waals surface area contributed by atoms with Crippen molar-refractivity contribution in [1.82, 2.24) is 15.0 Å². The molecule has 0 spiro atoms. The van der Waals surface area contributed by atoms with E-state index in [1.165, 1.54) is 0 Å². The van der Waals surface area contributed by atoms with Crippen molar-refractivity contribution in [3.8, 4) is 0 Å². The van der Waals surface area contributed by atoms with E-state index in [0.29, 0.717) is 32.0 Å². The van der Waals surface area contributed by atoms with Gasteiger partial charge in [-0.25, -0.2) is 14.8 Å². The molecule has 1 aromatic carbocycles. The number of hydrazone groups is 1. The highest BCUT2D eigenvalue weighted by molar-refractivity contribution is 5.78. The predicted molar refractivity (Wildman–Crippen MR) is 125 cm³/mol. The zero-order valence-corrected chi connectivity index (χ0v) is 18.0. The first kappa shape index (κ1) is 21.4. The number of rotatable bonds is 7. The van der Waals surface area contributed by atoms with Crippen LogP contribution in [-0.2, 0) is 4.74 Å². The summed E-state index contributed by atoms with van der Waals surface area (Å²) in [5.41, 5.74) is 6.36. The van der Waals surface area contributed by atoms with Crippen molar-refractivity contribution in [2.45, 2.75) is 0 Å². The number of pyridine rings is 1. The molecule has 4 rings (SSSR count). The van der Waals surface area contributed by atoms with E-state index in [0.717, 1.165) is 23.3 Å². The molecule has 2 N–H and O–H groups in total. The van der Waals surface area contributed by atoms with Crippen LogP contribution in [0.2, 0.25) is 0 Å². The number of halogens is 1. The van der Waals surface area contributed by atoms with Gasteiger partial charge in [0.1, 0.15) is 0 Å². The van der Waals surface area contributed by atoms with Crippen LogP contribution in [0.1, 0.15) is 5.69 Å². The summed E-state index contributed by atoms with van der Waals surface area (Å²) in [5, 5.41) is 7.43. The lowest BCUT2D eigenvalue weighted by molar-refractivity contribution is 0.122. The molecule has 0 unspecified atom stereocenters. The van der Waals surface area contributed by atoms with E-state index in [-0.39, 0.29) is 11.8 Å². The highest BCUT2D eigenvalue weighted by Crippen LogP contribution is 2.20. The lowest BCUT2D eigenvalue weighted by atomic mass is 10.2. The van der Waals surface area contributed by atoms with Crippen LogP contribution in [-0.4, -0.2) is 61.6 Å². The highest BCUT2D eigenvalue weighted by atomic mass is 19.1. The highest BCUT2D eigenvalue weighted by Gasteiger charge is 2.17. The Morgan fingerprint density at radius 1 is 1.03 bits per heavy atom. The fraction of sp³-hybridized carbons (Fsp3) is 0.273. The van der Waals surface area contributed by atoms with Gasteiger partial charge in [-0.15, -0.1) is 0 Å². The molecule has 10 heteroatoms. The summed E-state index contributed by atoms with van der Waals surface area (Å²) >= 11 is 0. The molecule has 3 aromatic rings. The summed E-state index contributed by atoms with van der Waals surface area (Å²) < 4.78 is 19.4. The van der Waals surface area contributed by atoms with Crippen molar-refractivity contribution in [2.24, 2.45) is 5.10 Å². The molecule has 0 bridgehead atoms. The van der Waals surface area contributed by atoms with Gasteiger partial charge in [-0.1, -0.05) is 0 Å². The van der Waals surface area contributed by atoms with E-state index in [1.807, 2.05) is 60.3 Å². The standard InChI is InChI=1S/C22H25FN8O/c1-30(2)19-7-5-16(6-8-19)27-18-4-3-17(24-13-18)14-26-29-22-25-15-20(23)21(28-22)31-9-11-32-12-10-31/h3-8,13-15,27H,9-12H2,1-2H3,(H,25,28,29)/b26-14+. The van der Waals surface area contributed by atoms with Crippen molar-refractivity contribution in [2.75, 3.05) is 60.9 Å². The maximum Gasteiger partial charge on any atom is 0.245 e. The third kappa shape index (κ3) is 5.46. The van der Waals surface area contributed by atoms with Gasteiger partial charge in [-0.2, -0.15) is 10.1 Å². The Hall–Kier alpha value is -3.79. The first-order valence-corrected chi connectivity index (χ1v) is 10.2. The van der Waals surface area contributed by atoms with E-state index < -0.39 is 5.82 Å². The van der Waals surface area contributed by atoms with Gasteiger partial charge in [0, 0.05) is 38.6 Å². The molecule has 0 saturated carbocycles. The first-order chi connectivity index (χ1) is 15.6. The molecule has 1 fully saturated rings. The Bertz CT molecular complexity index is 1050. The molecule has 0 amide bonds. The minimum Gasteiger partial charge on any atom is -0.378 e. The molecule has 1 aliphatic heterocycles. The quantitative estimate of drug-likeness (QED) is 0.431. The number of nitrogens with zero attached hydrogens (tertiary/aromatic N) is 6. The van der Waals surface area contributed by atoms with Gasteiger partial charge in [0.2, 0.25) is 5.95 Å². The second-order valence-electron chi connectivity index (χ2n) is 7.37. The lowest BCUT2D eigenvalue weighted by Crippen LogP contribution is -2.37. The minimum atomic E-state index is -0.470. The second-order valence-corrected chi connectivity index (χ2v) is 7.37. The van der Waals surface area contributed by atoms with Crippen molar-refractivity contribution in [3.63, 3.8) is 0 Å². The van der Waals surface area contributed by atoms with Gasteiger partial charge >= 0.3 is 0 Å². The number of hydrogen-bond donors (Lipinski definition) is 2.